The Morgan fingerprint density at radius 3 is 2.54 bits per heavy atom. The highest BCUT2D eigenvalue weighted by Gasteiger charge is 2.07. The molecule has 0 fully saturated rings. The molecule has 0 saturated carbocycles. The molecule has 0 aliphatic carbocycles. The third-order valence-electron chi connectivity index (χ3n) is 4.35. The number of nitrogens with one attached hydrogen (secondary N) is 2. The Kier molecular flexibility index (Phi) is 8.56. The average molecular weight is 493 g/mol. The number of aromatic nitrogens is 2. The van der Waals surface area contributed by atoms with Gasteiger partial charge in [-0.05, 0) is 44.0 Å². The van der Waals surface area contributed by atoms with Crippen LogP contribution in [-0.2, 0) is 19.6 Å². The first-order valence-electron chi connectivity index (χ1n) is 9.28. The van der Waals surface area contributed by atoms with Crippen molar-refractivity contribution in [1.82, 2.24) is 20.4 Å². The summed E-state index contributed by atoms with van der Waals surface area (Å²) < 4.78 is 7.52. The zero-order valence-electron chi connectivity index (χ0n) is 16.6. The summed E-state index contributed by atoms with van der Waals surface area (Å²) in [7, 11) is 0. The molecule has 0 spiro atoms. The van der Waals surface area contributed by atoms with Crippen LogP contribution < -0.4 is 10.6 Å². The third-order valence-corrected chi connectivity index (χ3v) is 4.35. The van der Waals surface area contributed by atoms with Crippen LogP contribution in [0.4, 0.5) is 0 Å². The number of halogens is 1. The SMILES string of the molecule is CCNC(=NCc1cc(C)oc1C)NCc1ccccc1Cn1cccn1.I. The van der Waals surface area contributed by atoms with Gasteiger partial charge in [-0.3, -0.25) is 4.68 Å². The molecule has 0 radical (unpaired) electrons. The fourth-order valence-corrected chi connectivity index (χ4v) is 2.98. The van der Waals surface area contributed by atoms with E-state index in [1.807, 2.05) is 36.9 Å². The lowest BCUT2D eigenvalue weighted by molar-refractivity contribution is 0.501. The molecule has 0 saturated heterocycles. The Balaban J connectivity index is 0.00000280. The van der Waals surface area contributed by atoms with Crippen LogP contribution in [0.15, 0.2) is 58.2 Å². The largest absolute Gasteiger partial charge is 0.466 e. The maximum Gasteiger partial charge on any atom is 0.191 e. The monoisotopic (exact) mass is 493 g/mol. The molecule has 3 aromatic rings. The predicted octanol–water partition coefficient (Wildman–Crippen LogP) is 4.01. The molecule has 3 rings (SSSR count). The zero-order valence-corrected chi connectivity index (χ0v) is 18.9. The van der Waals surface area contributed by atoms with E-state index < -0.39 is 0 Å². The van der Waals surface area contributed by atoms with E-state index in [9.17, 15) is 0 Å². The normalized spacial score (nSPS) is 11.2. The van der Waals surface area contributed by atoms with Gasteiger partial charge >= 0.3 is 0 Å². The van der Waals surface area contributed by atoms with E-state index >= 15 is 0 Å². The summed E-state index contributed by atoms with van der Waals surface area (Å²) in [5, 5.41) is 11.0. The number of guanidine groups is 1. The molecule has 0 aliphatic rings. The zero-order chi connectivity index (χ0) is 19.1. The molecular weight excluding hydrogens is 465 g/mol. The lowest BCUT2D eigenvalue weighted by Crippen LogP contribution is -2.37. The van der Waals surface area contributed by atoms with Crippen molar-refractivity contribution < 1.29 is 4.42 Å². The van der Waals surface area contributed by atoms with Gasteiger partial charge in [0.1, 0.15) is 11.5 Å². The number of rotatable bonds is 7. The number of hydrogen-bond donors (Lipinski definition) is 2. The van der Waals surface area contributed by atoms with Crippen molar-refractivity contribution in [2.45, 2.75) is 40.4 Å². The highest BCUT2D eigenvalue weighted by atomic mass is 127. The summed E-state index contributed by atoms with van der Waals surface area (Å²) in [5.41, 5.74) is 3.59. The molecule has 0 unspecified atom stereocenters. The van der Waals surface area contributed by atoms with E-state index in [1.165, 1.54) is 11.1 Å². The number of aryl methyl sites for hydroxylation is 2. The number of aliphatic imine (C=N–C) groups is 1. The van der Waals surface area contributed by atoms with E-state index in [0.29, 0.717) is 13.1 Å². The predicted molar refractivity (Wildman–Crippen MR) is 123 cm³/mol. The van der Waals surface area contributed by atoms with Gasteiger partial charge in [0.25, 0.3) is 0 Å². The minimum Gasteiger partial charge on any atom is -0.466 e. The summed E-state index contributed by atoms with van der Waals surface area (Å²) in [6.07, 6.45) is 3.78. The molecule has 28 heavy (non-hydrogen) atoms. The lowest BCUT2D eigenvalue weighted by atomic mass is 10.1. The van der Waals surface area contributed by atoms with Crippen LogP contribution >= 0.6 is 24.0 Å². The van der Waals surface area contributed by atoms with Crippen molar-refractivity contribution >= 4 is 29.9 Å². The molecule has 150 valence electrons. The number of nitrogens with zero attached hydrogens (tertiary/aromatic N) is 3. The standard InChI is InChI=1S/C21H27N5O.HI/c1-4-22-21(24-14-20-12-16(2)27-17(20)3)23-13-18-8-5-6-9-19(18)15-26-11-7-10-25-26;/h5-12H,4,13-15H2,1-3H3,(H2,22,23,24);1H. The van der Waals surface area contributed by atoms with E-state index in [-0.39, 0.29) is 24.0 Å². The fraction of sp³-hybridized carbons (Fsp3) is 0.333. The van der Waals surface area contributed by atoms with Crippen molar-refractivity contribution in [3.8, 4) is 0 Å². The Hall–Kier alpha value is -2.29. The van der Waals surface area contributed by atoms with Crippen molar-refractivity contribution in [3.63, 3.8) is 0 Å². The summed E-state index contributed by atoms with van der Waals surface area (Å²) in [6, 6.07) is 12.4. The summed E-state index contributed by atoms with van der Waals surface area (Å²) in [4.78, 5) is 4.70. The quantitative estimate of drug-likeness (QED) is 0.297. The van der Waals surface area contributed by atoms with Gasteiger partial charge in [-0.15, -0.1) is 24.0 Å². The van der Waals surface area contributed by atoms with Crippen molar-refractivity contribution in [1.29, 1.82) is 0 Å². The fourth-order valence-electron chi connectivity index (χ4n) is 2.98. The highest BCUT2D eigenvalue weighted by molar-refractivity contribution is 14.0. The third kappa shape index (κ3) is 6.12. The van der Waals surface area contributed by atoms with Crippen LogP contribution in [0.25, 0.3) is 0 Å². The minimum absolute atomic E-state index is 0. The second kappa shape index (κ2) is 10.9. The molecule has 1 aromatic carbocycles. The smallest absolute Gasteiger partial charge is 0.191 e. The van der Waals surface area contributed by atoms with Gasteiger partial charge < -0.3 is 15.1 Å². The summed E-state index contributed by atoms with van der Waals surface area (Å²) in [6.45, 7) is 8.86. The van der Waals surface area contributed by atoms with Gasteiger partial charge in [-0.2, -0.15) is 5.10 Å². The molecule has 0 atom stereocenters. The number of furan rings is 1. The minimum atomic E-state index is 0. The summed E-state index contributed by atoms with van der Waals surface area (Å²) >= 11 is 0. The maximum atomic E-state index is 5.58. The Morgan fingerprint density at radius 1 is 1.11 bits per heavy atom. The Labute approximate surface area is 183 Å². The highest BCUT2D eigenvalue weighted by Crippen LogP contribution is 2.14. The van der Waals surface area contributed by atoms with Crippen LogP contribution in [0.2, 0.25) is 0 Å². The van der Waals surface area contributed by atoms with Crippen molar-refractivity contribution in [2.24, 2.45) is 4.99 Å². The molecule has 0 bridgehead atoms. The van der Waals surface area contributed by atoms with Crippen LogP contribution in [0, 0.1) is 13.8 Å². The molecule has 0 amide bonds. The van der Waals surface area contributed by atoms with Crippen molar-refractivity contribution in [2.75, 3.05) is 6.54 Å². The first-order chi connectivity index (χ1) is 13.2. The van der Waals surface area contributed by atoms with Crippen LogP contribution in [0.1, 0.15) is 35.1 Å². The lowest BCUT2D eigenvalue weighted by Gasteiger charge is -2.14. The Bertz CT molecular complexity index is 886. The van der Waals surface area contributed by atoms with E-state index in [0.717, 1.165) is 36.1 Å². The van der Waals surface area contributed by atoms with E-state index in [2.05, 4.69) is 46.9 Å². The van der Waals surface area contributed by atoms with Crippen molar-refractivity contribution in [3.05, 3.63) is 77.0 Å². The first-order valence-corrected chi connectivity index (χ1v) is 9.28. The van der Waals surface area contributed by atoms with E-state index in [4.69, 9.17) is 9.41 Å². The van der Waals surface area contributed by atoms with E-state index in [1.54, 1.807) is 6.20 Å². The van der Waals surface area contributed by atoms with Gasteiger partial charge in [0.15, 0.2) is 5.96 Å². The van der Waals surface area contributed by atoms with Crippen LogP contribution in [-0.4, -0.2) is 22.3 Å². The van der Waals surface area contributed by atoms with Gasteiger partial charge in [-0.1, -0.05) is 24.3 Å². The van der Waals surface area contributed by atoms with Crippen LogP contribution in [0.5, 0.6) is 0 Å². The van der Waals surface area contributed by atoms with Gasteiger partial charge in [0, 0.05) is 31.0 Å². The number of benzene rings is 1. The second-order valence-corrected chi connectivity index (χ2v) is 6.46. The second-order valence-electron chi connectivity index (χ2n) is 6.46. The molecule has 7 heteroatoms. The molecular formula is C21H28IN5O. The topological polar surface area (TPSA) is 67.4 Å². The van der Waals surface area contributed by atoms with Gasteiger partial charge in [-0.25, -0.2) is 4.99 Å². The molecule has 2 N–H and O–H groups in total. The van der Waals surface area contributed by atoms with Gasteiger partial charge in [0.05, 0.1) is 13.1 Å². The average Bonchev–Trinajstić information content (AvgIpc) is 3.27. The molecule has 2 heterocycles. The van der Waals surface area contributed by atoms with Gasteiger partial charge in [0.2, 0.25) is 0 Å². The molecule has 2 aromatic heterocycles. The summed E-state index contributed by atoms with van der Waals surface area (Å²) in [5.74, 6) is 2.64. The Morgan fingerprint density at radius 2 is 1.89 bits per heavy atom. The molecule has 0 aliphatic heterocycles. The number of hydrogen-bond acceptors (Lipinski definition) is 3. The van der Waals surface area contributed by atoms with Crippen LogP contribution in [0.3, 0.4) is 0 Å². The molecule has 6 nitrogen and oxygen atoms in total. The maximum absolute atomic E-state index is 5.58. The first kappa shape index (κ1) is 22.0.